The van der Waals surface area contributed by atoms with Crippen LogP contribution < -0.4 is 10.5 Å². The van der Waals surface area contributed by atoms with E-state index in [0.717, 1.165) is 18.4 Å². The molecule has 1 aromatic rings. The fourth-order valence-corrected chi connectivity index (χ4v) is 1.43. The molecule has 0 unspecified atom stereocenters. The van der Waals surface area contributed by atoms with Crippen molar-refractivity contribution < 1.29 is 9.66 Å². The van der Waals surface area contributed by atoms with Gasteiger partial charge in [0.2, 0.25) is 0 Å². The molecule has 0 aromatic heterocycles. The Bertz CT molecular complexity index is 377. The Morgan fingerprint density at radius 3 is 2.75 bits per heavy atom. The lowest BCUT2D eigenvalue weighted by molar-refractivity contribution is -0.385. The molecule has 0 bridgehead atoms. The maximum Gasteiger partial charge on any atom is 0.311 e. The average Bonchev–Trinajstić information content (AvgIpc) is 2.25. The van der Waals surface area contributed by atoms with E-state index >= 15 is 0 Å². The molecule has 0 aliphatic heterocycles. The van der Waals surface area contributed by atoms with E-state index < -0.39 is 4.92 Å². The Kier molecular flexibility index (Phi) is 4.25. The van der Waals surface area contributed by atoms with Crippen LogP contribution in [0.3, 0.4) is 0 Å². The molecule has 0 saturated carbocycles. The lowest BCUT2D eigenvalue weighted by Gasteiger charge is -2.06. The molecule has 0 aliphatic carbocycles. The lowest BCUT2D eigenvalue weighted by atomic mass is 10.1. The number of nitro groups is 1. The highest BCUT2D eigenvalue weighted by atomic mass is 16.6. The predicted molar refractivity (Wildman–Crippen MR) is 61.6 cm³/mol. The van der Waals surface area contributed by atoms with Gasteiger partial charge in [-0.2, -0.15) is 0 Å². The van der Waals surface area contributed by atoms with Crippen molar-refractivity contribution in [1.82, 2.24) is 0 Å². The molecule has 88 valence electrons. The number of nitrogens with two attached hydrogens (primary N) is 1. The second-order valence-electron chi connectivity index (χ2n) is 3.78. The number of hydrogen-bond donors (Lipinski definition) is 1. The Labute approximate surface area is 94.4 Å². The molecule has 5 heteroatoms. The maximum atomic E-state index is 10.8. The summed E-state index contributed by atoms with van der Waals surface area (Å²) < 4.78 is 4.92. The van der Waals surface area contributed by atoms with Gasteiger partial charge in [-0.05, 0) is 31.4 Å². The van der Waals surface area contributed by atoms with Crippen molar-refractivity contribution in [2.24, 2.45) is 5.73 Å². The topological polar surface area (TPSA) is 78.4 Å². The third kappa shape index (κ3) is 3.20. The first kappa shape index (κ1) is 12.4. The largest absolute Gasteiger partial charge is 0.490 e. The lowest BCUT2D eigenvalue weighted by Crippen LogP contribution is -2.15. The monoisotopic (exact) mass is 224 g/mol. The summed E-state index contributed by atoms with van der Waals surface area (Å²) in [5.74, 6) is 0.287. The summed E-state index contributed by atoms with van der Waals surface area (Å²) in [7, 11) is 1.42. The number of nitro benzene ring substituents is 1. The quantitative estimate of drug-likeness (QED) is 0.611. The molecule has 1 aromatic carbocycles. The van der Waals surface area contributed by atoms with Crippen LogP contribution in [0.5, 0.6) is 5.75 Å². The first-order valence-electron chi connectivity index (χ1n) is 5.11. The zero-order valence-corrected chi connectivity index (χ0v) is 9.47. The van der Waals surface area contributed by atoms with Crippen LogP contribution in [0.2, 0.25) is 0 Å². The summed E-state index contributed by atoms with van der Waals surface area (Å²) in [5, 5.41) is 10.8. The minimum atomic E-state index is -0.436. The van der Waals surface area contributed by atoms with Gasteiger partial charge in [-0.1, -0.05) is 6.07 Å². The third-order valence-electron chi connectivity index (χ3n) is 2.33. The van der Waals surface area contributed by atoms with E-state index in [4.69, 9.17) is 10.5 Å². The molecule has 1 rings (SSSR count). The first-order valence-corrected chi connectivity index (χ1v) is 5.11. The van der Waals surface area contributed by atoms with Crippen LogP contribution in [0.25, 0.3) is 0 Å². The normalized spacial score (nSPS) is 12.2. The van der Waals surface area contributed by atoms with Crippen LogP contribution in [0.1, 0.15) is 18.9 Å². The zero-order valence-electron chi connectivity index (χ0n) is 9.47. The molecule has 0 saturated heterocycles. The molecule has 16 heavy (non-hydrogen) atoms. The number of benzene rings is 1. The Balaban J connectivity index is 2.89. The van der Waals surface area contributed by atoms with Crippen LogP contribution in [-0.4, -0.2) is 18.1 Å². The molecule has 0 spiro atoms. The highest BCUT2D eigenvalue weighted by molar-refractivity contribution is 5.48. The Morgan fingerprint density at radius 2 is 2.25 bits per heavy atom. The molecule has 0 aliphatic rings. The molecular formula is C11H16N2O3. The number of ether oxygens (including phenoxy) is 1. The minimum absolute atomic E-state index is 0.00433. The SMILES string of the molecule is COc1ccc(CC[C@H](C)N)cc1[N+](=O)[O-]. The third-order valence-corrected chi connectivity index (χ3v) is 2.33. The van der Waals surface area contributed by atoms with Crippen molar-refractivity contribution in [3.05, 3.63) is 33.9 Å². The van der Waals surface area contributed by atoms with Gasteiger partial charge in [-0.3, -0.25) is 10.1 Å². The average molecular weight is 224 g/mol. The van der Waals surface area contributed by atoms with E-state index in [0.29, 0.717) is 0 Å². The fourth-order valence-electron chi connectivity index (χ4n) is 1.43. The van der Waals surface area contributed by atoms with Gasteiger partial charge in [-0.25, -0.2) is 0 Å². The molecule has 0 fully saturated rings. The number of nitrogens with zero attached hydrogens (tertiary/aromatic N) is 1. The van der Waals surface area contributed by atoms with E-state index in [1.54, 1.807) is 12.1 Å². The second kappa shape index (κ2) is 5.46. The van der Waals surface area contributed by atoms with Crippen molar-refractivity contribution in [3.63, 3.8) is 0 Å². The smallest absolute Gasteiger partial charge is 0.311 e. The number of hydrogen-bond acceptors (Lipinski definition) is 4. The predicted octanol–water partition coefficient (Wildman–Crippen LogP) is 1.88. The Morgan fingerprint density at radius 1 is 1.56 bits per heavy atom. The van der Waals surface area contributed by atoms with Crippen molar-refractivity contribution in [2.75, 3.05) is 7.11 Å². The van der Waals surface area contributed by atoms with E-state index in [1.165, 1.54) is 7.11 Å². The van der Waals surface area contributed by atoms with Crippen LogP contribution in [0.4, 0.5) is 5.69 Å². The van der Waals surface area contributed by atoms with Gasteiger partial charge in [0.15, 0.2) is 5.75 Å². The van der Waals surface area contributed by atoms with Gasteiger partial charge in [-0.15, -0.1) is 0 Å². The van der Waals surface area contributed by atoms with Crippen LogP contribution in [0, 0.1) is 10.1 Å². The van der Waals surface area contributed by atoms with E-state index in [2.05, 4.69) is 0 Å². The van der Waals surface area contributed by atoms with Gasteiger partial charge in [0.05, 0.1) is 12.0 Å². The zero-order chi connectivity index (χ0) is 12.1. The standard InChI is InChI=1S/C11H16N2O3/c1-8(12)3-4-9-5-6-11(16-2)10(7-9)13(14)15/h5-8H,3-4,12H2,1-2H3/t8-/m0/s1. The number of methoxy groups -OCH3 is 1. The molecule has 5 nitrogen and oxygen atoms in total. The fraction of sp³-hybridized carbons (Fsp3) is 0.455. The van der Waals surface area contributed by atoms with Gasteiger partial charge < -0.3 is 10.5 Å². The van der Waals surface area contributed by atoms with Gasteiger partial charge in [0, 0.05) is 12.1 Å². The first-order chi connectivity index (χ1) is 7.54. The van der Waals surface area contributed by atoms with Crippen molar-refractivity contribution in [3.8, 4) is 5.75 Å². The van der Waals surface area contributed by atoms with E-state index in [9.17, 15) is 10.1 Å². The minimum Gasteiger partial charge on any atom is -0.490 e. The van der Waals surface area contributed by atoms with Crippen LogP contribution in [0.15, 0.2) is 18.2 Å². The molecular weight excluding hydrogens is 208 g/mol. The number of rotatable bonds is 5. The highest BCUT2D eigenvalue weighted by Crippen LogP contribution is 2.27. The molecule has 0 amide bonds. The Hall–Kier alpha value is -1.62. The highest BCUT2D eigenvalue weighted by Gasteiger charge is 2.14. The summed E-state index contributed by atoms with van der Waals surface area (Å²) in [6, 6.07) is 5.09. The second-order valence-corrected chi connectivity index (χ2v) is 3.78. The summed E-state index contributed by atoms with van der Waals surface area (Å²) in [6.07, 6.45) is 1.55. The maximum absolute atomic E-state index is 10.8. The van der Waals surface area contributed by atoms with Crippen molar-refractivity contribution >= 4 is 5.69 Å². The summed E-state index contributed by atoms with van der Waals surface area (Å²) in [6.45, 7) is 1.91. The van der Waals surface area contributed by atoms with Crippen LogP contribution in [-0.2, 0) is 6.42 Å². The molecule has 1 atom stereocenters. The van der Waals surface area contributed by atoms with Crippen molar-refractivity contribution in [1.29, 1.82) is 0 Å². The van der Waals surface area contributed by atoms with Gasteiger partial charge >= 0.3 is 5.69 Å². The van der Waals surface area contributed by atoms with Gasteiger partial charge in [0.1, 0.15) is 0 Å². The number of aryl methyl sites for hydroxylation is 1. The van der Waals surface area contributed by atoms with E-state index in [-0.39, 0.29) is 17.5 Å². The summed E-state index contributed by atoms with van der Waals surface area (Å²) in [5.41, 5.74) is 6.55. The molecule has 0 heterocycles. The summed E-state index contributed by atoms with van der Waals surface area (Å²) >= 11 is 0. The van der Waals surface area contributed by atoms with Crippen LogP contribution >= 0.6 is 0 Å². The molecule has 0 radical (unpaired) electrons. The van der Waals surface area contributed by atoms with Crippen molar-refractivity contribution in [2.45, 2.75) is 25.8 Å². The summed E-state index contributed by atoms with van der Waals surface area (Å²) in [4.78, 5) is 10.3. The van der Waals surface area contributed by atoms with E-state index in [1.807, 2.05) is 13.0 Å². The molecule has 2 N–H and O–H groups in total. The van der Waals surface area contributed by atoms with Gasteiger partial charge in [0.25, 0.3) is 0 Å².